The Bertz CT molecular complexity index is 446. The van der Waals surface area contributed by atoms with Gasteiger partial charge in [0.15, 0.2) is 0 Å². The standard InChI is InChI=1S/C23H47O7P/c1-4-30-23(24)13-11-9-7-5-6-8-10-12-21-31(3,25)22-20-29-19-18-28-17-16-27-15-14-26-2/h4-22H2,1-3H3. The van der Waals surface area contributed by atoms with Crippen LogP contribution in [0.25, 0.3) is 0 Å². The Hall–Kier alpha value is -0.460. The molecule has 186 valence electrons. The minimum atomic E-state index is -2.10. The van der Waals surface area contributed by atoms with Gasteiger partial charge in [0.2, 0.25) is 0 Å². The summed E-state index contributed by atoms with van der Waals surface area (Å²) in [5, 5.41) is 0. The molecule has 1 atom stereocenters. The normalized spacial score (nSPS) is 13.3. The molecule has 0 radical (unpaired) electrons. The third-order valence-electron chi connectivity index (χ3n) is 4.95. The Morgan fingerprint density at radius 3 is 1.71 bits per heavy atom. The van der Waals surface area contributed by atoms with Gasteiger partial charge in [-0.2, -0.15) is 0 Å². The van der Waals surface area contributed by atoms with Crippen molar-refractivity contribution in [2.45, 2.75) is 64.7 Å². The maximum Gasteiger partial charge on any atom is 0.305 e. The topological polar surface area (TPSA) is 80.3 Å². The van der Waals surface area contributed by atoms with Crippen molar-refractivity contribution >= 4 is 13.1 Å². The van der Waals surface area contributed by atoms with Gasteiger partial charge >= 0.3 is 5.97 Å². The van der Waals surface area contributed by atoms with E-state index >= 15 is 0 Å². The third-order valence-corrected chi connectivity index (χ3v) is 7.34. The van der Waals surface area contributed by atoms with Gasteiger partial charge in [-0.1, -0.05) is 38.5 Å². The lowest BCUT2D eigenvalue weighted by Gasteiger charge is -2.13. The molecule has 7 nitrogen and oxygen atoms in total. The van der Waals surface area contributed by atoms with E-state index in [1.165, 1.54) is 25.7 Å². The van der Waals surface area contributed by atoms with Crippen molar-refractivity contribution in [3.63, 3.8) is 0 Å². The Balaban J connectivity index is 3.36. The Morgan fingerprint density at radius 2 is 1.16 bits per heavy atom. The first-order valence-electron chi connectivity index (χ1n) is 11.9. The molecule has 0 aliphatic carbocycles. The average molecular weight is 467 g/mol. The second-order valence-electron chi connectivity index (χ2n) is 7.96. The van der Waals surface area contributed by atoms with Crippen LogP contribution in [0, 0.1) is 0 Å². The molecule has 0 N–H and O–H groups in total. The molecule has 0 spiro atoms. The molecule has 31 heavy (non-hydrogen) atoms. The predicted octanol–water partition coefficient (Wildman–Crippen LogP) is 4.75. The SMILES string of the molecule is CCOC(=O)CCCCCCCCCCP(C)(=O)CCOCCOCCOCCOC. The highest BCUT2D eigenvalue weighted by Crippen LogP contribution is 2.41. The van der Waals surface area contributed by atoms with Crippen LogP contribution in [0.2, 0.25) is 0 Å². The van der Waals surface area contributed by atoms with Gasteiger partial charge in [-0.25, -0.2) is 0 Å². The van der Waals surface area contributed by atoms with E-state index in [2.05, 4.69) is 0 Å². The summed E-state index contributed by atoms with van der Waals surface area (Å²) < 4.78 is 38.7. The molecule has 0 aromatic rings. The molecule has 0 bridgehead atoms. The van der Waals surface area contributed by atoms with Crippen LogP contribution in [0.1, 0.15) is 64.7 Å². The molecule has 1 unspecified atom stereocenters. The van der Waals surface area contributed by atoms with E-state index in [9.17, 15) is 9.36 Å². The van der Waals surface area contributed by atoms with Gasteiger partial charge in [0.25, 0.3) is 0 Å². The second-order valence-corrected chi connectivity index (χ2v) is 11.4. The van der Waals surface area contributed by atoms with Crippen LogP contribution in [0.15, 0.2) is 0 Å². The lowest BCUT2D eigenvalue weighted by molar-refractivity contribution is -0.143. The Labute approximate surface area is 190 Å². The second kappa shape index (κ2) is 22.7. The highest BCUT2D eigenvalue weighted by atomic mass is 31.2. The number of methoxy groups -OCH3 is 1. The number of rotatable bonds is 24. The fourth-order valence-corrected chi connectivity index (χ4v) is 4.69. The number of ether oxygens (including phenoxy) is 5. The van der Waals surface area contributed by atoms with Gasteiger partial charge in [-0.15, -0.1) is 0 Å². The van der Waals surface area contributed by atoms with E-state index in [1.807, 2.05) is 13.6 Å². The van der Waals surface area contributed by atoms with Crippen molar-refractivity contribution < 1.29 is 33.0 Å². The monoisotopic (exact) mass is 466 g/mol. The third kappa shape index (κ3) is 24.0. The zero-order valence-electron chi connectivity index (χ0n) is 20.2. The Kier molecular flexibility index (Phi) is 22.4. The summed E-state index contributed by atoms with van der Waals surface area (Å²) in [4.78, 5) is 11.2. The number of carbonyl (C=O) groups is 1. The van der Waals surface area contributed by atoms with Crippen LogP contribution >= 0.6 is 7.14 Å². The minimum absolute atomic E-state index is 0.0789. The zero-order valence-corrected chi connectivity index (χ0v) is 21.1. The highest BCUT2D eigenvalue weighted by Gasteiger charge is 2.14. The van der Waals surface area contributed by atoms with Gasteiger partial charge < -0.3 is 28.2 Å². The van der Waals surface area contributed by atoms with E-state index in [1.54, 1.807) is 7.11 Å². The molecule has 0 fully saturated rings. The van der Waals surface area contributed by atoms with Crippen LogP contribution < -0.4 is 0 Å². The molecule has 0 aromatic carbocycles. The lowest BCUT2D eigenvalue weighted by atomic mass is 10.1. The molecule has 8 heteroatoms. The molecule has 0 rings (SSSR count). The molecule has 0 saturated heterocycles. The van der Waals surface area contributed by atoms with Crippen LogP contribution in [-0.4, -0.2) is 84.9 Å². The first kappa shape index (κ1) is 30.5. The summed E-state index contributed by atoms with van der Waals surface area (Å²) in [6.45, 7) is 8.09. The minimum Gasteiger partial charge on any atom is -0.466 e. The van der Waals surface area contributed by atoms with Crippen molar-refractivity contribution in [2.75, 3.05) is 79.0 Å². The van der Waals surface area contributed by atoms with Gasteiger partial charge in [-0.3, -0.25) is 4.79 Å². The van der Waals surface area contributed by atoms with E-state index in [0.717, 1.165) is 31.8 Å². The molecule has 0 aliphatic rings. The van der Waals surface area contributed by atoms with Crippen LogP contribution in [0.3, 0.4) is 0 Å². The van der Waals surface area contributed by atoms with Crippen molar-refractivity contribution in [2.24, 2.45) is 0 Å². The van der Waals surface area contributed by atoms with Gasteiger partial charge in [0.1, 0.15) is 0 Å². The largest absolute Gasteiger partial charge is 0.466 e. The van der Waals surface area contributed by atoms with Gasteiger partial charge in [-0.05, 0) is 26.4 Å². The molecular formula is C23H47O7P. The maximum atomic E-state index is 12.6. The Morgan fingerprint density at radius 1 is 0.677 bits per heavy atom. The highest BCUT2D eigenvalue weighted by molar-refractivity contribution is 7.63. The van der Waals surface area contributed by atoms with Crippen LogP contribution in [-0.2, 0) is 33.0 Å². The average Bonchev–Trinajstić information content (AvgIpc) is 2.73. The van der Waals surface area contributed by atoms with Crippen LogP contribution in [0.5, 0.6) is 0 Å². The van der Waals surface area contributed by atoms with Crippen molar-refractivity contribution in [3.05, 3.63) is 0 Å². The smallest absolute Gasteiger partial charge is 0.305 e. The maximum absolute atomic E-state index is 12.6. The van der Waals surface area contributed by atoms with E-state index in [4.69, 9.17) is 23.7 Å². The molecule has 0 amide bonds. The van der Waals surface area contributed by atoms with E-state index in [-0.39, 0.29) is 5.97 Å². The van der Waals surface area contributed by atoms with Crippen molar-refractivity contribution in [3.8, 4) is 0 Å². The zero-order chi connectivity index (χ0) is 23.0. The predicted molar refractivity (Wildman–Crippen MR) is 126 cm³/mol. The molecule has 0 aliphatic heterocycles. The fraction of sp³-hybridized carbons (Fsp3) is 0.957. The first-order chi connectivity index (χ1) is 15.0. The number of carbonyl (C=O) groups excluding carboxylic acids is 1. The van der Waals surface area contributed by atoms with Crippen LogP contribution in [0.4, 0.5) is 0 Å². The summed E-state index contributed by atoms with van der Waals surface area (Å²) in [5.74, 6) is -0.0789. The van der Waals surface area contributed by atoms with Gasteiger partial charge in [0, 0.05) is 25.9 Å². The number of esters is 1. The summed E-state index contributed by atoms with van der Waals surface area (Å²) in [5.41, 5.74) is 0. The van der Waals surface area contributed by atoms with Crippen molar-refractivity contribution in [1.29, 1.82) is 0 Å². The summed E-state index contributed by atoms with van der Waals surface area (Å²) in [6, 6.07) is 0. The fourth-order valence-electron chi connectivity index (χ4n) is 3.06. The lowest BCUT2D eigenvalue weighted by Crippen LogP contribution is -2.12. The van der Waals surface area contributed by atoms with Crippen molar-refractivity contribution in [1.82, 2.24) is 0 Å². The quantitative estimate of drug-likeness (QED) is 0.115. The molecule has 0 saturated carbocycles. The van der Waals surface area contributed by atoms with E-state index in [0.29, 0.717) is 65.4 Å². The number of unbranched alkanes of at least 4 members (excludes halogenated alkanes) is 7. The first-order valence-corrected chi connectivity index (χ1v) is 14.5. The molecule has 0 heterocycles. The number of hydrogen-bond acceptors (Lipinski definition) is 7. The molecular weight excluding hydrogens is 419 g/mol. The summed E-state index contributed by atoms with van der Waals surface area (Å²) >= 11 is 0. The van der Waals surface area contributed by atoms with Gasteiger partial charge in [0.05, 0.1) is 60.0 Å². The molecule has 0 aromatic heterocycles. The summed E-state index contributed by atoms with van der Waals surface area (Å²) in [6.07, 6.45) is 11.0. The van der Waals surface area contributed by atoms with E-state index < -0.39 is 7.14 Å². The number of hydrogen-bond donors (Lipinski definition) is 0. The summed E-state index contributed by atoms with van der Waals surface area (Å²) in [7, 11) is -0.450.